The number of benzene rings is 4. The normalized spacial score (nSPS) is 14.2. The van der Waals surface area contributed by atoms with Crippen LogP contribution in [0.4, 0.5) is 0 Å². The molecular formula is C29H24O2. The summed E-state index contributed by atoms with van der Waals surface area (Å²) < 4.78 is 0. The molecular weight excluding hydrogens is 380 g/mol. The van der Waals surface area contributed by atoms with E-state index in [0.717, 1.165) is 44.2 Å². The van der Waals surface area contributed by atoms with Gasteiger partial charge < -0.3 is 10.2 Å². The van der Waals surface area contributed by atoms with Gasteiger partial charge in [-0.15, -0.1) is 0 Å². The number of fused-ring (bicyclic) bond motifs is 4. The van der Waals surface area contributed by atoms with Crippen LogP contribution in [-0.4, -0.2) is 10.2 Å². The summed E-state index contributed by atoms with van der Waals surface area (Å²) in [6.07, 6.45) is 3.79. The van der Waals surface area contributed by atoms with Gasteiger partial charge in [-0.1, -0.05) is 78.4 Å². The minimum Gasteiger partial charge on any atom is -0.511 e. The number of aliphatic hydroxyl groups is 1. The Labute approximate surface area is 182 Å². The summed E-state index contributed by atoms with van der Waals surface area (Å²) in [5, 5.41) is 23.5. The first-order chi connectivity index (χ1) is 15.0. The summed E-state index contributed by atoms with van der Waals surface area (Å²) in [4.78, 5) is 0. The Bertz CT molecular complexity index is 1330. The predicted molar refractivity (Wildman–Crippen MR) is 128 cm³/mol. The van der Waals surface area contributed by atoms with Crippen LogP contribution in [0.1, 0.15) is 30.5 Å². The smallest absolute Gasteiger partial charge is 0.116 e. The highest BCUT2D eigenvalue weighted by molar-refractivity contribution is 5.89. The van der Waals surface area contributed by atoms with E-state index in [-0.39, 0.29) is 5.75 Å². The SMILES string of the molecule is CC(C)=C/C=C(\O)C1(c2ccc3cc(O)ccc3c2)c2ccccc2-c2ccccc21. The second-order valence-electron chi connectivity index (χ2n) is 8.38. The highest BCUT2D eigenvalue weighted by Gasteiger charge is 2.47. The Kier molecular flexibility index (Phi) is 4.44. The fraction of sp³-hybridized carbons (Fsp3) is 0.103. The van der Waals surface area contributed by atoms with Crippen LogP contribution >= 0.6 is 0 Å². The van der Waals surface area contributed by atoms with Gasteiger partial charge in [0, 0.05) is 0 Å². The van der Waals surface area contributed by atoms with Crippen molar-refractivity contribution in [3.05, 3.63) is 125 Å². The van der Waals surface area contributed by atoms with Gasteiger partial charge in [-0.3, -0.25) is 0 Å². The van der Waals surface area contributed by atoms with Crippen molar-refractivity contribution in [1.29, 1.82) is 0 Å². The number of aliphatic hydroxyl groups excluding tert-OH is 1. The van der Waals surface area contributed by atoms with Crippen LogP contribution in [0.2, 0.25) is 0 Å². The zero-order chi connectivity index (χ0) is 21.6. The van der Waals surface area contributed by atoms with Gasteiger partial charge in [-0.2, -0.15) is 0 Å². The molecule has 5 rings (SSSR count). The molecule has 0 heterocycles. The summed E-state index contributed by atoms with van der Waals surface area (Å²) in [5.74, 6) is 0.544. The average molecular weight is 405 g/mol. The molecule has 0 saturated carbocycles. The lowest BCUT2D eigenvalue weighted by molar-refractivity contribution is 0.349. The number of aromatic hydroxyl groups is 1. The third-order valence-corrected chi connectivity index (χ3v) is 6.17. The molecule has 1 aliphatic rings. The first kappa shape index (κ1) is 19.2. The first-order valence-electron chi connectivity index (χ1n) is 10.5. The molecule has 2 heteroatoms. The predicted octanol–water partition coefficient (Wildman–Crippen LogP) is 7.27. The Morgan fingerprint density at radius 1 is 0.710 bits per heavy atom. The van der Waals surface area contributed by atoms with E-state index in [2.05, 4.69) is 36.4 Å². The number of phenols is 1. The summed E-state index contributed by atoms with van der Waals surface area (Å²) in [6, 6.07) is 28.2. The minimum absolute atomic E-state index is 0.248. The monoisotopic (exact) mass is 404 g/mol. The second kappa shape index (κ2) is 7.17. The van der Waals surface area contributed by atoms with Gasteiger partial charge >= 0.3 is 0 Å². The minimum atomic E-state index is -0.800. The van der Waals surface area contributed by atoms with Crippen molar-refractivity contribution < 1.29 is 10.2 Å². The van der Waals surface area contributed by atoms with E-state index in [4.69, 9.17) is 0 Å². The molecule has 2 nitrogen and oxygen atoms in total. The van der Waals surface area contributed by atoms with Gasteiger partial charge in [-0.05, 0) is 76.7 Å². The maximum atomic E-state index is 11.7. The van der Waals surface area contributed by atoms with Crippen LogP contribution in [0.3, 0.4) is 0 Å². The average Bonchev–Trinajstić information content (AvgIpc) is 3.08. The van der Waals surface area contributed by atoms with Crippen LogP contribution in [0, 0.1) is 0 Å². The number of allylic oxidation sites excluding steroid dienone is 4. The Hall–Kier alpha value is -3.78. The van der Waals surface area contributed by atoms with Crippen LogP contribution in [0.15, 0.2) is 108 Å². The Balaban J connectivity index is 1.90. The molecule has 0 unspecified atom stereocenters. The van der Waals surface area contributed by atoms with Crippen molar-refractivity contribution in [1.82, 2.24) is 0 Å². The highest BCUT2D eigenvalue weighted by atomic mass is 16.3. The van der Waals surface area contributed by atoms with Gasteiger partial charge in [-0.25, -0.2) is 0 Å². The van der Waals surface area contributed by atoms with Crippen molar-refractivity contribution in [2.24, 2.45) is 0 Å². The zero-order valence-electron chi connectivity index (χ0n) is 17.6. The van der Waals surface area contributed by atoms with Crippen molar-refractivity contribution in [3.63, 3.8) is 0 Å². The molecule has 2 N–H and O–H groups in total. The lowest BCUT2D eigenvalue weighted by Gasteiger charge is -2.32. The molecule has 0 aromatic heterocycles. The lowest BCUT2D eigenvalue weighted by atomic mass is 9.70. The molecule has 152 valence electrons. The number of phenolic OH excluding ortho intramolecular Hbond substituents is 1. The van der Waals surface area contributed by atoms with E-state index in [1.165, 1.54) is 0 Å². The Morgan fingerprint density at radius 2 is 1.29 bits per heavy atom. The van der Waals surface area contributed by atoms with Gasteiger partial charge in [0.05, 0.1) is 0 Å². The van der Waals surface area contributed by atoms with E-state index < -0.39 is 5.41 Å². The van der Waals surface area contributed by atoms with Crippen molar-refractivity contribution in [2.45, 2.75) is 19.3 Å². The largest absolute Gasteiger partial charge is 0.511 e. The van der Waals surface area contributed by atoms with Crippen LogP contribution in [-0.2, 0) is 5.41 Å². The third kappa shape index (κ3) is 2.87. The first-order valence-corrected chi connectivity index (χ1v) is 10.5. The van der Waals surface area contributed by atoms with E-state index in [9.17, 15) is 10.2 Å². The van der Waals surface area contributed by atoms with Crippen LogP contribution < -0.4 is 0 Å². The molecule has 0 radical (unpaired) electrons. The number of hydrogen-bond acceptors (Lipinski definition) is 2. The third-order valence-electron chi connectivity index (χ3n) is 6.17. The Morgan fingerprint density at radius 3 is 1.94 bits per heavy atom. The molecule has 0 bridgehead atoms. The van der Waals surface area contributed by atoms with Gasteiger partial charge in [0.2, 0.25) is 0 Å². The zero-order valence-corrected chi connectivity index (χ0v) is 17.6. The summed E-state index contributed by atoms with van der Waals surface area (Å²) in [6.45, 7) is 4.05. The summed E-state index contributed by atoms with van der Waals surface area (Å²) in [7, 11) is 0. The quantitative estimate of drug-likeness (QED) is 0.278. The van der Waals surface area contributed by atoms with E-state index in [1.54, 1.807) is 12.1 Å². The molecule has 31 heavy (non-hydrogen) atoms. The molecule has 0 saturated heterocycles. The van der Waals surface area contributed by atoms with Crippen LogP contribution in [0.25, 0.3) is 21.9 Å². The molecule has 1 aliphatic carbocycles. The van der Waals surface area contributed by atoms with Crippen molar-refractivity contribution in [3.8, 4) is 16.9 Å². The molecule has 0 fully saturated rings. The lowest BCUT2D eigenvalue weighted by Crippen LogP contribution is -2.29. The topological polar surface area (TPSA) is 40.5 Å². The van der Waals surface area contributed by atoms with Crippen LogP contribution in [0.5, 0.6) is 5.75 Å². The van der Waals surface area contributed by atoms with Gasteiger partial charge in [0.15, 0.2) is 0 Å². The highest BCUT2D eigenvalue weighted by Crippen LogP contribution is 2.55. The maximum absolute atomic E-state index is 11.7. The second-order valence-corrected chi connectivity index (χ2v) is 8.38. The molecule has 0 aliphatic heterocycles. The fourth-order valence-electron chi connectivity index (χ4n) is 4.81. The fourth-order valence-corrected chi connectivity index (χ4v) is 4.81. The standard InChI is InChI=1S/C29H24O2/c1-19(2)11-16-28(31)29(22-14-12-21-18-23(30)15-13-20(21)17-22)26-9-5-3-7-24(26)25-8-4-6-10-27(25)29/h3-18,30-31H,1-2H3/b28-16-. The van der Waals surface area contributed by atoms with Crippen molar-refractivity contribution in [2.75, 3.05) is 0 Å². The van der Waals surface area contributed by atoms with Crippen molar-refractivity contribution >= 4 is 10.8 Å². The maximum Gasteiger partial charge on any atom is 0.116 e. The molecule has 0 atom stereocenters. The number of hydrogen-bond donors (Lipinski definition) is 2. The van der Waals surface area contributed by atoms with E-state index in [1.807, 2.05) is 62.4 Å². The molecule has 0 amide bonds. The van der Waals surface area contributed by atoms with Gasteiger partial charge in [0.25, 0.3) is 0 Å². The molecule has 4 aromatic rings. The molecule has 4 aromatic carbocycles. The van der Waals surface area contributed by atoms with Gasteiger partial charge in [0.1, 0.15) is 16.9 Å². The summed E-state index contributed by atoms with van der Waals surface area (Å²) >= 11 is 0. The molecule has 0 spiro atoms. The van der Waals surface area contributed by atoms with E-state index in [0.29, 0.717) is 5.76 Å². The summed E-state index contributed by atoms with van der Waals surface area (Å²) in [5.41, 5.74) is 5.75. The number of rotatable bonds is 3. The van der Waals surface area contributed by atoms with E-state index >= 15 is 0 Å².